The molecular weight excluding hydrogens is 247 g/mol. The van der Waals surface area contributed by atoms with Gasteiger partial charge >= 0.3 is 6.36 Å². The number of hydrogen-bond acceptors (Lipinski definition) is 3. The molecule has 1 fully saturated rings. The van der Waals surface area contributed by atoms with Crippen molar-refractivity contribution >= 4 is 0 Å². The van der Waals surface area contributed by atoms with Crippen molar-refractivity contribution in [2.75, 3.05) is 13.2 Å². The minimum absolute atomic E-state index is 0.114. The Hall–Kier alpha value is -1.43. The van der Waals surface area contributed by atoms with Crippen molar-refractivity contribution in [3.05, 3.63) is 24.3 Å². The van der Waals surface area contributed by atoms with E-state index in [0.717, 1.165) is 19.4 Å². The van der Waals surface area contributed by atoms with E-state index in [2.05, 4.69) is 10.1 Å². The Morgan fingerprint density at radius 1 is 1.22 bits per heavy atom. The van der Waals surface area contributed by atoms with Crippen molar-refractivity contribution in [3.63, 3.8) is 0 Å². The highest BCUT2D eigenvalue weighted by Crippen LogP contribution is 2.31. The van der Waals surface area contributed by atoms with Gasteiger partial charge in [-0.15, -0.1) is 13.2 Å². The van der Waals surface area contributed by atoms with Crippen LogP contribution >= 0.6 is 0 Å². The van der Waals surface area contributed by atoms with Crippen LogP contribution in [-0.4, -0.2) is 25.6 Å². The number of hydrogen-bond donors (Lipinski definition) is 1. The molecule has 1 heterocycles. The highest BCUT2D eigenvalue weighted by atomic mass is 19.4. The van der Waals surface area contributed by atoms with Crippen molar-refractivity contribution in [2.24, 2.45) is 0 Å². The fourth-order valence-electron chi connectivity index (χ4n) is 1.87. The predicted molar refractivity (Wildman–Crippen MR) is 59.6 cm³/mol. The van der Waals surface area contributed by atoms with Crippen LogP contribution in [0.1, 0.15) is 12.8 Å². The van der Waals surface area contributed by atoms with E-state index in [1.54, 1.807) is 6.07 Å². The van der Waals surface area contributed by atoms with Gasteiger partial charge in [0.05, 0.1) is 0 Å². The van der Waals surface area contributed by atoms with Gasteiger partial charge in [-0.05, 0) is 31.5 Å². The molecule has 0 unspecified atom stereocenters. The molecule has 6 heteroatoms. The second kappa shape index (κ2) is 5.48. The fraction of sp³-hybridized carbons (Fsp3) is 0.500. The van der Waals surface area contributed by atoms with Crippen molar-refractivity contribution in [3.8, 4) is 11.5 Å². The van der Waals surface area contributed by atoms with Crippen LogP contribution in [0.5, 0.6) is 11.5 Å². The molecule has 100 valence electrons. The Balaban J connectivity index is 1.98. The number of ether oxygens (including phenoxy) is 2. The third-order valence-electron chi connectivity index (χ3n) is 2.68. The highest BCUT2D eigenvalue weighted by molar-refractivity contribution is 5.39. The Bertz CT molecular complexity index is 389. The van der Waals surface area contributed by atoms with E-state index in [4.69, 9.17) is 4.74 Å². The monoisotopic (exact) mass is 261 g/mol. The smallest absolute Gasteiger partial charge is 0.488 e. The van der Waals surface area contributed by atoms with E-state index in [1.807, 2.05) is 0 Å². The molecule has 0 radical (unpaired) electrons. The lowest BCUT2D eigenvalue weighted by molar-refractivity contribution is -0.275. The zero-order valence-corrected chi connectivity index (χ0v) is 9.67. The van der Waals surface area contributed by atoms with E-state index in [1.165, 1.54) is 18.2 Å². The molecule has 0 saturated carbocycles. The molecule has 1 aromatic rings. The van der Waals surface area contributed by atoms with Crippen LogP contribution in [-0.2, 0) is 0 Å². The van der Waals surface area contributed by atoms with Gasteiger partial charge in [0.25, 0.3) is 0 Å². The number of para-hydroxylation sites is 2. The number of benzene rings is 1. The second-order valence-electron chi connectivity index (χ2n) is 4.10. The quantitative estimate of drug-likeness (QED) is 0.904. The number of alkyl halides is 3. The van der Waals surface area contributed by atoms with Crippen LogP contribution in [0.15, 0.2) is 24.3 Å². The van der Waals surface area contributed by atoms with Crippen LogP contribution in [0.4, 0.5) is 13.2 Å². The summed E-state index contributed by atoms with van der Waals surface area (Å²) < 4.78 is 45.8. The predicted octanol–water partition coefficient (Wildman–Crippen LogP) is 2.72. The summed E-state index contributed by atoms with van der Waals surface area (Å²) >= 11 is 0. The summed E-state index contributed by atoms with van der Waals surface area (Å²) in [5.74, 6) is -0.188. The molecule has 0 spiro atoms. The molecule has 0 aromatic heterocycles. The molecule has 3 nitrogen and oxygen atoms in total. The first kappa shape index (κ1) is 13.0. The maximum absolute atomic E-state index is 12.2. The molecule has 0 aliphatic carbocycles. The van der Waals surface area contributed by atoms with Crippen LogP contribution < -0.4 is 14.8 Å². The standard InChI is InChI=1S/C12H14F3NO2/c13-12(14,15)18-11-6-2-1-5-10(11)17-8-9-4-3-7-16-9/h1-2,5-6,9,16H,3-4,7-8H2/t9-/m1/s1. The van der Waals surface area contributed by atoms with Gasteiger partial charge in [-0.3, -0.25) is 0 Å². The number of nitrogens with one attached hydrogen (secondary N) is 1. The summed E-state index contributed by atoms with van der Waals surface area (Å²) in [4.78, 5) is 0. The molecule has 1 atom stereocenters. The van der Waals surface area contributed by atoms with Crippen molar-refractivity contribution < 1.29 is 22.6 Å². The molecule has 2 rings (SSSR count). The third kappa shape index (κ3) is 3.80. The average molecular weight is 261 g/mol. The molecule has 0 bridgehead atoms. The molecule has 1 aliphatic heterocycles. The van der Waals surface area contributed by atoms with Crippen molar-refractivity contribution in [1.82, 2.24) is 5.32 Å². The second-order valence-corrected chi connectivity index (χ2v) is 4.10. The van der Waals surface area contributed by atoms with Gasteiger partial charge < -0.3 is 14.8 Å². The van der Waals surface area contributed by atoms with Crippen LogP contribution in [0.2, 0.25) is 0 Å². The highest BCUT2D eigenvalue weighted by Gasteiger charge is 2.32. The topological polar surface area (TPSA) is 30.5 Å². The summed E-state index contributed by atoms with van der Waals surface area (Å²) in [5, 5.41) is 3.21. The summed E-state index contributed by atoms with van der Waals surface area (Å²) in [6.07, 6.45) is -2.66. The van der Waals surface area contributed by atoms with Crippen molar-refractivity contribution in [2.45, 2.75) is 25.2 Å². The maximum atomic E-state index is 12.2. The van der Waals surface area contributed by atoms with Gasteiger partial charge in [0.1, 0.15) is 6.61 Å². The SMILES string of the molecule is FC(F)(F)Oc1ccccc1OC[C@H]1CCCN1. The number of rotatable bonds is 4. The molecule has 18 heavy (non-hydrogen) atoms. The van der Waals surface area contributed by atoms with Crippen LogP contribution in [0.25, 0.3) is 0 Å². The van der Waals surface area contributed by atoms with E-state index >= 15 is 0 Å². The minimum atomic E-state index is -4.70. The zero-order chi connectivity index (χ0) is 13.0. The lowest BCUT2D eigenvalue weighted by Crippen LogP contribution is -2.28. The normalized spacial score (nSPS) is 19.8. The largest absolute Gasteiger partial charge is 0.573 e. The fourth-order valence-corrected chi connectivity index (χ4v) is 1.87. The van der Waals surface area contributed by atoms with E-state index in [0.29, 0.717) is 6.61 Å². The minimum Gasteiger partial charge on any atom is -0.488 e. The van der Waals surface area contributed by atoms with Gasteiger partial charge in [0, 0.05) is 6.04 Å². The summed E-state index contributed by atoms with van der Waals surface area (Å²) in [6.45, 7) is 1.27. The summed E-state index contributed by atoms with van der Waals surface area (Å²) in [5.41, 5.74) is 0. The van der Waals surface area contributed by atoms with Crippen LogP contribution in [0, 0.1) is 0 Å². The summed E-state index contributed by atoms with van der Waals surface area (Å²) in [6, 6.07) is 5.99. The first-order chi connectivity index (χ1) is 8.54. The molecule has 1 aliphatic rings. The summed E-state index contributed by atoms with van der Waals surface area (Å²) in [7, 11) is 0. The Morgan fingerprint density at radius 3 is 2.56 bits per heavy atom. The van der Waals surface area contributed by atoms with Gasteiger partial charge in [0.2, 0.25) is 0 Å². The molecular formula is C12H14F3NO2. The van der Waals surface area contributed by atoms with Crippen LogP contribution in [0.3, 0.4) is 0 Å². The lowest BCUT2D eigenvalue weighted by atomic mass is 10.2. The average Bonchev–Trinajstić information content (AvgIpc) is 2.79. The molecule has 0 amide bonds. The maximum Gasteiger partial charge on any atom is 0.573 e. The van der Waals surface area contributed by atoms with E-state index in [9.17, 15) is 13.2 Å². The van der Waals surface area contributed by atoms with Gasteiger partial charge in [0.15, 0.2) is 11.5 Å². The lowest BCUT2D eigenvalue weighted by Gasteiger charge is -2.16. The molecule has 1 saturated heterocycles. The first-order valence-electron chi connectivity index (χ1n) is 5.75. The Kier molecular flexibility index (Phi) is 3.96. The van der Waals surface area contributed by atoms with Gasteiger partial charge in [-0.1, -0.05) is 12.1 Å². The van der Waals surface area contributed by atoms with Gasteiger partial charge in [-0.25, -0.2) is 0 Å². The molecule has 1 aromatic carbocycles. The van der Waals surface area contributed by atoms with Gasteiger partial charge in [-0.2, -0.15) is 0 Å². The van der Waals surface area contributed by atoms with E-state index < -0.39 is 6.36 Å². The van der Waals surface area contributed by atoms with Crippen molar-refractivity contribution in [1.29, 1.82) is 0 Å². The Morgan fingerprint density at radius 2 is 1.94 bits per heavy atom. The first-order valence-corrected chi connectivity index (χ1v) is 5.75. The third-order valence-corrected chi connectivity index (χ3v) is 2.68. The number of halogens is 3. The Labute approximate surface area is 103 Å². The molecule has 1 N–H and O–H groups in total. The van der Waals surface area contributed by atoms with E-state index in [-0.39, 0.29) is 17.5 Å². The zero-order valence-electron chi connectivity index (χ0n) is 9.67.